The summed E-state index contributed by atoms with van der Waals surface area (Å²) >= 11 is 0. The molecule has 6 heteroatoms. The Morgan fingerprint density at radius 2 is 1.58 bits per heavy atom. The van der Waals surface area contributed by atoms with Gasteiger partial charge in [-0.25, -0.2) is 5.01 Å². The lowest BCUT2D eigenvalue weighted by Gasteiger charge is -2.26. The largest absolute Gasteiger partial charge is 0.481 e. The van der Waals surface area contributed by atoms with Crippen LogP contribution in [0.5, 0.6) is 0 Å². The second-order valence-corrected chi connectivity index (χ2v) is 11.0. The van der Waals surface area contributed by atoms with Gasteiger partial charge >= 0.3 is 5.97 Å². The summed E-state index contributed by atoms with van der Waals surface area (Å²) in [5.41, 5.74) is 6.78. The zero-order valence-corrected chi connectivity index (χ0v) is 22.9. The zero-order valence-electron chi connectivity index (χ0n) is 22.9. The van der Waals surface area contributed by atoms with Gasteiger partial charge in [-0.3, -0.25) is 4.79 Å². The highest BCUT2D eigenvalue weighted by atomic mass is 16.4. The molecule has 1 heterocycles. The number of rotatable bonds is 10. The Morgan fingerprint density at radius 3 is 2.21 bits per heavy atom. The minimum Gasteiger partial charge on any atom is -0.481 e. The number of carbonyl (C=O) groups is 1. The van der Waals surface area contributed by atoms with Gasteiger partial charge in [0, 0.05) is 13.0 Å². The number of carboxylic acids is 1. The van der Waals surface area contributed by atoms with Crippen LogP contribution < -0.4 is 0 Å². The Morgan fingerprint density at radius 1 is 0.895 bits per heavy atom. The maximum atomic E-state index is 10.9. The Bertz CT molecular complexity index is 1260. The van der Waals surface area contributed by atoms with Crippen LogP contribution in [0, 0.1) is 0 Å². The third-order valence-electron chi connectivity index (χ3n) is 7.06. The van der Waals surface area contributed by atoms with Crippen molar-refractivity contribution < 1.29 is 15.0 Å². The van der Waals surface area contributed by atoms with Crippen LogP contribution in [0.3, 0.4) is 0 Å². The van der Waals surface area contributed by atoms with E-state index in [-0.39, 0.29) is 11.8 Å². The van der Waals surface area contributed by atoms with Gasteiger partial charge in [-0.1, -0.05) is 93.6 Å². The van der Waals surface area contributed by atoms with Crippen molar-refractivity contribution in [1.29, 1.82) is 0 Å². The normalized spacial score (nSPS) is 15.6. The predicted octanol–water partition coefficient (Wildman–Crippen LogP) is 6.03. The van der Waals surface area contributed by atoms with E-state index in [1.807, 2.05) is 36.1 Å². The summed E-state index contributed by atoms with van der Waals surface area (Å²) < 4.78 is 0. The number of hydrazone groups is 1. The van der Waals surface area contributed by atoms with Crippen LogP contribution in [-0.2, 0) is 29.6 Å². The average Bonchev–Trinajstić information content (AvgIpc) is 3.18. The molecule has 1 aliphatic rings. The molecule has 4 rings (SSSR count). The third kappa shape index (κ3) is 6.81. The molecule has 0 saturated heterocycles. The van der Waals surface area contributed by atoms with Crippen molar-refractivity contribution >= 4 is 11.8 Å². The quantitative estimate of drug-likeness (QED) is 0.346. The van der Waals surface area contributed by atoms with Crippen molar-refractivity contribution in [2.75, 3.05) is 6.54 Å². The van der Waals surface area contributed by atoms with Crippen LogP contribution in [0.15, 0.2) is 77.9 Å². The van der Waals surface area contributed by atoms with E-state index in [2.05, 4.69) is 69.3 Å². The summed E-state index contributed by atoms with van der Waals surface area (Å²) in [5, 5.41) is 26.5. The standard InChI is InChI=1S/C32H39N3O3/c1-5-34-29(33-35(31(34)38)22-25-14-18-28(19-15-25)32(2,3)4)11-7-9-23-8-6-10-27(20-23)26-16-12-24(13-17-26)21-30(36)37/h6,8,10,12-20,31,38H,5,7,9,11,21-22H2,1-4H3,(H,36,37). The Hall–Kier alpha value is -3.64. The minimum atomic E-state index is -0.821. The van der Waals surface area contributed by atoms with Gasteiger partial charge in [0.05, 0.1) is 13.0 Å². The minimum absolute atomic E-state index is 0.0363. The molecule has 3 aromatic rings. The number of aliphatic carboxylic acids is 1. The van der Waals surface area contributed by atoms with Gasteiger partial charge < -0.3 is 15.1 Å². The highest BCUT2D eigenvalue weighted by Crippen LogP contribution is 2.26. The van der Waals surface area contributed by atoms with E-state index < -0.39 is 12.3 Å². The molecule has 6 nitrogen and oxygen atoms in total. The van der Waals surface area contributed by atoms with Crippen LogP contribution in [0.25, 0.3) is 11.1 Å². The first-order valence-corrected chi connectivity index (χ1v) is 13.4. The summed E-state index contributed by atoms with van der Waals surface area (Å²) in [6.45, 7) is 9.94. The van der Waals surface area contributed by atoms with Crippen LogP contribution in [-0.4, -0.2) is 44.8 Å². The van der Waals surface area contributed by atoms with E-state index in [0.29, 0.717) is 13.1 Å². The van der Waals surface area contributed by atoms with E-state index in [9.17, 15) is 9.90 Å². The first-order valence-electron chi connectivity index (χ1n) is 13.4. The lowest BCUT2D eigenvalue weighted by atomic mass is 9.87. The monoisotopic (exact) mass is 513 g/mol. The number of hydrogen-bond donors (Lipinski definition) is 2. The summed E-state index contributed by atoms with van der Waals surface area (Å²) in [4.78, 5) is 12.9. The lowest BCUT2D eigenvalue weighted by molar-refractivity contribution is -0.136. The van der Waals surface area contributed by atoms with E-state index >= 15 is 0 Å². The Kier molecular flexibility index (Phi) is 8.52. The highest BCUT2D eigenvalue weighted by Gasteiger charge is 2.30. The second kappa shape index (κ2) is 11.8. The fraction of sp³-hybridized carbons (Fsp3) is 0.375. The van der Waals surface area contributed by atoms with Crippen molar-refractivity contribution in [3.8, 4) is 11.1 Å². The maximum Gasteiger partial charge on any atom is 0.307 e. The maximum absolute atomic E-state index is 10.9. The summed E-state index contributed by atoms with van der Waals surface area (Å²) in [6, 6.07) is 24.8. The molecule has 0 fully saturated rings. The van der Waals surface area contributed by atoms with Crippen molar-refractivity contribution in [2.45, 2.75) is 71.7 Å². The topological polar surface area (TPSA) is 76.4 Å². The Balaban J connectivity index is 1.36. The predicted molar refractivity (Wildman–Crippen MR) is 153 cm³/mol. The molecule has 1 unspecified atom stereocenters. The average molecular weight is 514 g/mol. The molecule has 0 aromatic heterocycles. The molecule has 0 bridgehead atoms. The smallest absolute Gasteiger partial charge is 0.307 e. The number of benzene rings is 3. The fourth-order valence-corrected chi connectivity index (χ4v) is 4.85. The van der Waals surface area contributed by atoms with Crippen molar-refractivity contribution in [3.05, 3.63) is 95.1 Å². The molecule has 3 aromatic carbocycles. The van der Waals surface area contributed by atoms with Crippen molar-refractivity contribution in [1.82, 2.24) is 9.91 Å². The first-order chi connectivity index (χ1) is 18.1. The molecule has 2 N–H and O–H groups in total. The van der Waals surface area contributed by atoms with E-state index in [4.69, 9.17) is 10.2 Å². The van der Waals surface area contributed by atoms with Crippen LogP contribution in [0.2, 0.25) is 0 Å². The molecule has 1 aliphatic heterocycles. The molecule has 200 valence electrons. The molecule has 38 heavy (non-hydrogen) atoms. The Labute approximate surface area is 226 Å². The molecule has 0 saturated carbocycles. The number of amidine groups is 1. The summed E-state index contributed by atoms with van der Waals surface area (Å²) in [5.74, 6) is 0.107. The number of carboxylic acid groups (broad SMARTS) is 1. The van der Waals surface area contributed by atoms with Crippen LogP contribution in [0.4, 0.5) is 0 Å². The van der Waals surface area contributed by atoms with E-state index in [1.165, 1.54) is 11.1 Å². The molecule has 0 spiro atoms. The number of aryl methyl sites for hydroxylation is 1. The first kappa shape index (κ1) is 27.4. The summed E-state index contributed by atoms with van der Waals surface area (Å²) in [6.07, 6.45) is 1.92. The second-order valence-electron chi connectivity index (χ2n) is 11.0. The fourth-order valence-electron chi connectivity index (χ4n) is 4.85. The third-order valence-corrected chi connectivity index (χ3v) is 7.06. The number of aliphatic hydroxyl groups excluding tert-OH is 1. The van der Waals surface area contributed by atoms with Crippen LogP contribution in [0.1, 0.15) is 62.8 Å². The van der Waals surface area contributed by atoms with Gasteiger partial charge in [0.25, 0.3) is 0 Å². The SMILES string of the molecule is CCN1C(CCCc2cccc(-c3ccc(CC(=O)O)cc3)c2)=NN(Cc2ccc(C(C)(C)C)cc2)C1O. The van der Waals surface area contributed by atoms with E-state index in [1.54, 1.807) is 5.01 Å². The molecule has 0 aliphatic carbocycles. The molecule has 1 atom stereocenters. The van der Waals surface area contributed by atoms with Gasteiger partial charge in [-0.15, -0.1) is 0 Å². The lowest BCUT2D eigenvalue weighted by Crippen LogP contribution is -2.41. The molecular formula is C32H39N3O3. The number of aliphatic hydroxyl groups is 1. The molecule has 0 radical (unpaired) electrons. The number of nitrogens with zero attached hydrogens (tertiary/aromatic N) is 3. The van der Waals surface area contributed by atoms with E-state index in [0.717, 1.165) is 47.4 Å². The van der Waals surface area contributed by atoms with Crippen LogP contribution >= 0.6 is 0 Å². The number of hydrogen-bond acceptors (Lipinski definition) is 5. The van der Waals surface area contributed by atoms with Gasteiger partial charge in [0.2, 0.25) is 6.35 Å². The molecule has 0 amide bonds. The molecular weight excluding hydrogens is 474 g/mol. The summed E-state index contributed by atoms with van der Waals surface area (Å²) in [7, 11) is 0. The zero-order chi connectivity index (χ0) is 27.3. The van der Waals surface area contributed by atoms with Gasteiger partial charge in [-0.05, 0) is 58.6 Å². The van der Waals surface area contributed by atoms with Crippen molar-refractivity contribution in [3.63, 3.8) is 0 Å². The van der Waals surface area contributed by atoms with Crippen molar-refractivity contribution in [2.24, 2.45) is 5.10 Å². The van der Waals surface area contributed by atoms with Gasteiger partial charge in [-0.2, -0.15) is 5.10 Å². The van der Waals surface area contributed by atoms with Gasteiger partial charge in [0.1, 0.15) is 5.84 Å². The highest BCUT2D eigenvalue weighted by molar-refractivity contribution is 5.83. The van der Waals surface area contributed by atoms with Gasteiger partial charge in [0.15, 0.2) is 0 Å².